The standard InChI is InChI=1S/C35H35N5O5S/c1-21-18-40(22(2)20-41)34(43)25-13-9-16-28(36-32(42)33-37-27-14-6-7-17-30(27)46-33)31(25)45-29(21)19-39(3)35(44)38-26-15-8-11-23-10-4-5-12-24(23)26/h4-17,21-22,29,41H,18-20H2,1-3H3,(H,36,42)(H,38,44)/t21-,22-,29-/m1/s1. The topological polar surface area (TPSA) is 124 Å². The highest BCUT2D eigenvalue weighted by Gasteiger charge is 2.35. The monoisotopic (exact) mass is 637 g/mol. The van der Waals surface area contributed by atoms with E-state index in [0.29, 0.717) is 17.9 Å². The van der Waals surface area contributed by atoms with Crippen LogP contribution in [0.1, 0.15) is 34.0 Å². The molecule has 10 nitrogen and oxygen atoms in total. The number of fused-ring (bicyclic) bond motifs is 3. The largest absolute Gasteiger partial charge is 0.485 e. The number of amides is 4. The molecule has 4 amide bonds. The fourth-order valence-electron chi connectivity index (χ4n) is 5.60. The molecular formula is C35H35N5O5S. The number of aliphatic hydroxyl groups excluding tert-OH is 1. The SMILES string of the molecule is C[C@@H]1CN([C@H](C)CO)C(=O)c2cccc(NC(=O)c3nc4ccccc4s3)c2O[C@@H]1CN(C)C(=O)Nc1cccc2ccccc12. The van der Waals surface area contributed by atoms with Crippen molar-refractivity contribution in [3.63, 3.8) is 0 Å². The number of rotatable bonds is 7. The minimum absolute atomic E-state index is 0.187. The van der Waals surface area contributed by atoms with Crippen molar-refractivity contribution in [3.05, 3.63) is 95.5 Å². The minimum Gasteiger partial charge on any atom is -0.485 e. The number of aromatic nitrogens is 1. The molecule has 2 heterocycles. The third-order valence-corrected chi connectivity index (χ3v) is 9.29. The van der Waals surface area contributed by atoms with Crippen molar-refractivity contribution in [3.8, 4) is 5.75 Å². The van der Waals surface area contributed by atoms with Crippen molar-refractivity contribution in [2.75, 3.05) is 37.4 Å². The van der Waals surface area contributed by atoms with Crippen molar-refractivity contribution >= 4 is 61.5 Å². The van der Waals surface area contributed by atoms with Gasteiger partial charge in [-0.25, -0.2) is 9.78 Å². The normalized spacial score (nSPS) is 17.0. The van der Waals surface area contributed by atoms with E-state index in [0.717, 1.165) is 21.0 Å². The molecule has 1 aliphatic heterocycles. The van der Waals surface area contributed by atoms with Gasteiger partial charge in [0.15, 0.2) is 10.8 Å². The first-order chi connectivity index (χ1) is 22.2. The summed E-state index contributed by atoms with van der Waals surface area (Å²) in [5.74, 6) is -0.784. The molecule has 0 unspecified atom stereocenters. The van der Waals surface area contributed by atoms with Gasteiger partial charge in [-0.3, -0.25) is 9.59 Å². The first-order valence-electron chi connectivity index (χ1n) is 15.1. The van der Waals surface area contributed by atoms with Crippen LogP contribution >= 0.6 is 11.3 Å². The Morgan fingerprint density at radius 3 is 2.54 bits per heavy atom. The Labute approximate surface area is 270 Å². The highest BCUT2D eigenvalue weighted by molar-refractivity contribution is 7.20. The number of nitrogens with one attached hydrogen (secondary N) is 2. The molecule has 5 aromatic rings. The predicted octanol–water partition coefficient (Wildman–Crippen LogP) is 6.09. The van der Waals surface area contributed by atoms with E-state index in [4.69, 9.17) is 4.74 Å². The summed E-state index contributed by atoms with van der Waals surface area (Å²) < 4.78 is 7.47. The Kier molecular flexibility index (Phi) is 8.87. The molecule has 236 valence electrons. The van der Waals surface area contributed by atoms with E-state index in [9.17, 15) is 19.5 Å². The molecule has 0 spiro atoms. The second kappa shape index (κ2) is 13.2. The van der Waals surface area contributed by atoms with Crippen LogP contribution in [0.5, 0.6) is 5.75 Å². The number of carbonyl (C=O) groups is 3. The highest BCUT2D eigenvalue weighted by Crippen LogP contribution is 2.36. The summed E-state index contributed by atoms with van der Waals surface area (Å²) >= 11 is 1.27. The number of carbonyl (C=O) groups excluding carboxylic acids is 3. The molecule has 0 saturated carbocycles. The van der Waals surface area contributed by atoms with Crippen LogP contribution < -0.4 is 15.4 Å². The number of likely N-dealkylation sites (N-methyl/N-ethyl adjacent to an activating group) is 1. The van der Waals surface area contributed by atoms with Crippen LogP contribution in [0.15, 0.2) is 84.9 Å². The van der Waals surface area contributed by atoms with Gasteiger partial charge in [-0.2, -0.15) is 0 Å². The van der Waals surface area contributed by atoms with Gasteiger partial charge in [0, 0.05) is 24.9 Å². The van der Waals surface area contributed by atoms with Crippen LogP contribution in [0.3, 0.4) is 0 Å². The molecule has 46 heavy (non-hydrogen) atoms. The van der Waals surface area contributed by atoms with E-state index < -0.39 is 18.1 Å². The minimum atomic E-state index is -0.566. The van der Waals surface area contributed by atoms with Crippen LogP contribution in [-0.2, 0) is 0 Å². The maximum absolute atomic E-state index is 13.8. The van der Waals surface area contributed by atoms with Gasteiger partial charge in [-0.1, -0.05) is 61.5 Å². The maximum atomic E-state index is 13.8. The fraction of sp³-hybridized carbons (Fsp3) is 0.257. The maximum Gasteiger partial charge on any atom is 0.321 e. The van der Waals surface area contributed by atoms with Crippen molar-refractivity contribution in [2.45, 2.75) is 26.0 Å². The van der Waals surface area contributed by atoms with E-state index >= 15 is 0 Å². The number of nitrogens with zero attached hydrogens (tertiary/aromatic N) is 3. The lowest BCUT2D eigenvalue weighted by Gasteiger charge is -2.38. The molecule has 0 bridgehead atoms. The average Bonchev–Trinajstić information content (AvgIpc) is 3.51. The van der Waals surface area contributed by atoms with E-state index in [1.54, 1.807) is 42.0 Å². The Balaban J connectivity index is 1.29. The van der Waals surface area contributed by atoms with Gasteiger partial charge in [0.05, 0.1) is 46.3 Å². The molecular weight excluding hydrogens is 602 g/mol. The number of ether oxygens (including phenoxy) is 1. The van der Waals surface area contributed by atoms with Crippen molar-refractivity contribution in [1.29, 1.82) is 0 Å². The van der Waals surface area contributed by atoms with Crippen molar-refractivity contribution < 1.29 is 24.2 Å². The summed E-state index contributed by atoms with van der Waals surface area (Å²) in [6, 6.07) is 25.3. The van der Waals surface area contributed by atoms with Gasteiger partial charge in [0.25, 0.3) is 11.8 Å². The Morgan fingerprint density at radius 2 is 1.74 bits per heavy atom. The number of thiazole rings is 1. The van der Waals surface area contributed by atoms with Gasteiger partial charge < -0.3 is 30.3 Å². The smallest absolute Gasteiger partial charge is 0.321 e. The van der Waals surface area contributed by atoms with Gasteiger partial charge in [-0.05, 0) is 42.6 Å². The third-order valence-electron chi connectivity index (χ3n) is 8.26. The van der Waals surface area contributed by atoms with E-state index in [1.807, 2.05) is 73.7 Å². The van der Waals surface area contributed by atoms with Crippen LogP contribution in [-0.4, -0.2) is 76.6 Å². The molecule has 6 rings (SSSR count). The van der Waals surface area contributed by atoms with Gasteiger partial charge in [0.1, 0.15) is 6.10 Å². The molecule has 1 aliphatic rings. The molecule has 0 fully saturated rings. The lowest BCUT2D eigenvalue weighted by atomic mass is 9.99. The second-order valence-corrected chi connectivity index (χ2v) is 12.6. The summed E-state index contributed by atoms with van der Waals surface area (Å²) in [6.45, 7) is 3.99. The van der Waals surface area contributed by atoms with Crippen LogP contribution in [0, 0.1) is 5.92 Å². The molecule has 0 saturated heterocycles. The molecule has 3 N–H and O–H groups in total. The predicted molar refractivity (Wildman–Crippen MR) is 181 cm³/mol. The summed E-state index contributed by atoms with van der Waals surface area (Å²) in [7, 11) is 1.69. The van der Waals surface area contributed by atoms with E-state index in [-0.39, 0.29) is 47.3 Å². The molecule has 0 aliphatic carbocycles. The quantitative estimate of drug-likeness (QED) is 0.199. The van der Waals surface area contributed by atoms with E-state index in [1.165, 1.54) is 11.3 Å². The number of urea groups is 1. The third kappa shape index (κ3) is 6.24. The zero-order chi connectivity index (χ0) is 32.4. The summed E-state index contributed by atoms with van der Waals surface area (Å²) in [5.41, 5.74) is 1.98. The Morgan fingerprint density at radius 1 is 1.02 bits per heavy atom. The van der Waals surface area contributed by atoms with Gasteiger partial charge in [0.2, 0.25) is 0 Å². The Hall–Kier alpha value is -5.00. The number of anilines is 2. The summed E-state index contributed by atoms with van der Waals surface area (Å²) in [4.78, 5) is 48.3. The van der Waals surface area contributed by atoms with Crippen molar-refractivity contribution in [1.82, 2.24) is 14.8 Å². The first kappa shape index (κ1) is 31.0. The highest BCUT2D eigenvalue weighted by atomic mass is 32.1. The number of benzene rings is 4. The molecule has 4 aromatic carbocycles. The summed E-state index contributed by atoms with van der Waals surface area (Å²) in [6.07, 6.45) is -0.566. The second-order valence-electron chi connectivity index (χ2n) is 11.6. The van der Waals surface area contributed by atoms with Crippen molar-refractivity contribution in [2.24, 2.45) is 5.92 Å². The van der Waals surface area contributed by atoms with Gasteiger partial charge >= 0.3 is 6.03 Å². The molecule has 11 heteroatoms. The zero-order valence-electron chi connectivity index (χ0n) is 25.8. The number of hydrogen-bond donors (Lipinski definition) is 3. The fourth-order valence-corrected chi connectivity index (χ4v) is 6.46. The van der Waals surface area contributed by atoms with E-state index in [2.05, 4.69) is 15.6 Å². The lowest BCUT2D eigenvalue weighted by Crippen LogP contribution is -2.50. The Bertz CT molecular complexity index is 1890. The molecule has 0 radical (unpaired) electrons. The zero-order valence-corrected chi connectivity index (χ0v) is 26.6. The van der Waals surface area contributed by atoms with Gasteiger partial charge in [-0.15, -0.1) is 11.3 Å². The average molecular weight is 638 g/mol. The number of para-hydroxylation sites is 2. The van der Waals surface area contributed by atoms with Crippen LogP contribution in [0.4, 0.5) is 16.2 Å². The number of hydrogen-bond acceptors (Lipinski definition) is 7. The molecule has 3 atom stereocenters. The number of aliphatic hydroxyl groups is 1. The van der Waals surface area contributed by atoms with Crippen LogP contribution in [0.2, 0.25) is 0 Å². The molecule has 1 aromatic heterocycles. The summed E-state index contributed by atoms with van der Waals surface area (Å²) in [5, 5.41) is 18.2. The van der Waals surface area contributed by atoms with Crippen LogP contribution in [0.25, 0.3) is 21.0 Å². The lowest BCUT2D eigenvalue weighted by molar-refractivity contribution is 0.0372. The first-order valence-corrected chi connectivity index (χ1v) is 15.9.